The monoisotopic (exact) mass is 346 g/mol. The van der Waals surface area contributed by atoms with E-state index < -0.39 is 0 Å². The summed E-state index contributed by atoms with van der Waals surface area (Å²) in [4.78, 5) is 14.6. The van der Waals surface area contributed by atoms with E-state index in [1.54, 1.807) is 0 Å². The van der Waals surface area contributed by atoms with Crippen molar-refractivity contribution in [1.29, 1.82) is 0 Å². The van der Waals surface area contributed by atoms with Gasteiger partial charge in [0.05, 0.1) is 12.6 Å². The lowest BCUT2D eigenvalue weighted by Gasteiger charge is -2.34. The first-order valence-electron chi connectivity index (χ1n) is 9.48. The molecule has 1 N–H and O–H groups in total. The molecule has 3 rings (SSSR count). The Hall–Kier alpha value is -1.59. The molecule has 2 aliphatic heterocycles. The van der Waals surface area contributed by atoms with Gasteiger partial charge < -0.3 is 19.7 Å². The van der Waals surface area contributed by atoms with Crippen molar-refractivity contribution in [3.63, 3.8) is 0 Å². The molecule has 0 radical (unpaired) electrons. The molecule has 138 valence electrons. The van der Waals surface area contributed by atoms with Crippen molar-refractivity contribution in [2.45, 2.75) is 45.3 Å². The molecule has 0 saturated carbocycles. The van der Waals surface area contributed by atoms with Gasteiger partial charge in [-0.2, -0.15) is 0 Å². The van der Waals surface area contributed by atoms with Crippen LogP contribution < -0.4 is 5.32 Å². The van der Waals surface area contributed by atoms with Gasteiger partial charge >= 0.3 is 6.03 Å². The van der Waals surface area contributed by atoms with Gasteiger partial charge in [0.15, 0.2) is 0 Å². The van der Waals surface area contributed by atoms with E-state index in [9.17, 15) is 4.79 Å². The van der Waals surface area contributed by atoms with E-state index in [0.717, 1.165) is 57.7 Å². The number of urea groups is 1. The molecule has 25 heavy (non-hydrogen) atoms. The molecule has 2 saturated heterocycles. The number of likely N-dealkylation sites (tertiary alicyclic amines) is 1. The second-order valence-corrected chi connectivity index (χ2v) is 7.16. The summed E-state index contributed by atoms with van der Waals surface area (Å²) in [6.45, 7) is 7.93. The van der Waals surface area contributed by atoms with Gasteiger partial charge in [-0.3, -0.25) is 0 Å². The van der Waals surface area contributed by atoms with Crippen LogP contribution in [0.2, 0.25) is 0 Å². The Morgan fingerprint density at radius 1 is 1.32 bits per heavy atom. The molecular formula is C20H30N2O3. The Kier molecular flexibility index (Phi) is 6.32. The summed E-state index contributed by atoms with van der Waals surface area (Å²) in [5.41, 5.74) is 2.38. The third-order valence-electron chi connectivity index (χ3n) is 5.17. The fourth-order valence-corrected chi connectivity index (χ4v) is 3.70. The maximum atomic E-state index is 12.7. The molecular weight excluding hydrogens is 316 g/mol. The van der Waals surface area contributed by atoms with Crippen molar-refractivity contribution in [1.82, 2.24) is 10.2 Å². The molecule has 0 aliphatic carbocycles. The number of benzene rings is 1. The van der Waals surface area contributed by atoms with Gasteiger partial charge in [0.25, 0.3) is 0 Å². The first-order chi connectivity index (χ1) is 12.2. The van der Waals surface area contributed by atoms with Gasteiger partial charge in [-0.1, -0.05) is 29.8 Å². The maximum Gasteiger partial charge on any atom is 0.317 e. The van der Waals surface area contributed by atoms with Crippen LogP contribution in [0, 0.1) is 12.8 Å². The zero-order valence-corrected chi connectivity index (χ0v) is 15.4. The van der Waals surface area contributed by atoms with Crippen molar-refractivity contribution >= 4 is 6.03 Å². The summed E-state index contributed by atoms with van der Waals surface area (Å²) in [5.74, 6) is 0.459. The molecule has 5 heteroatoms. The molecule has 0 unspecified atom stereocenters. The first-order valence-corrected chi connectivity index (χ1v) is 9.48. The highest BCUT2D eigenvalue weighted by atomic mass is 16.5. The minimum absolute atomic E-state index is 0.0339. The van der Waals surface area contributed by atoms with Crippen molar-refractivity contribution in [3.05, 3.63) is 35.4 Å². The Balaban J connectivity index is 1.58. The van der Waals surface area contributed by atoms with E-state index in [2.05, 4.69) is 36.5 Å². The Labute approximate surface area is 150 Å². The molecule has 0 aromatic heterocycles. The third kappa shape index (κ3) is 4.73. The van der Waals surface area contributed by atoms with Crippen LogP contribution in [-0.4, -0.2) is 49.9 Å². The molecule has 5 nitrogen and oxygen atoms in total. The SMILES string of the molecule is CCOC[C@@H]1CCN(C(=O)N[C@@H]2CCCO[C@@H]2c2ccc(C)cc2)C1. The molecule has 2 fully saturated rings. The van der Waals surface area contributed by atoms with Crippen molar-refractivity contribution in [2.75, 3.05) is 32.9 Å². The number of hydrogen-bond acceptors (Lipinski definition) is 3. The normalized spacial score (nSPS) is 26.6. The van der Waals surface area contributed by atoms with Gasteiger partial charge in [0.2, 0.25) is 0 Å². The number of aryl methyl sites for hydroxylation is 1. The third-order valence-corrected chi connectivity index (χ3v) is 5.17. The number of carbonyl (C=O) groups excluding carboxylic acids is 1. The fraction of sp³-hybridized carbons (Fsp3) is 0.650. The molecule has 3 atom stereocenters. The van der Waals surface area contributed by atoms with Crippen LogP contribution in [0.4, 0.5) is 4.79 Å². The highest BCUT2D eigenvalue weighted by molar-refractivity contribution is 5.75. The number of carbonyl (C=O) groups is 1. The first kappa shape index (κ1) is 18.2. The van der Waals surface area contributed by atoms with Gasteiger partial charge in [-0.15, -0.1) is 0 Å². The lowest BCUT2D eigenvalue weighted by Crippen LogP contribution is -2.48. The number of amides is 2. The molecule has 2 aliphatic rings. The lowest BCUT2D eigenvalue weighted by atomic mass is 9.95. The fourth-order valence-electron chi connectivity index (χ4n) is 3.70. The maximum absolute atomic E-state index is 12.7. The number of nitrogens with zero attached hydrogens (tertiary/aromatic N) is 1. The van der Waals surface area contributed by atoms with Crippen LogP contribution in [0.15, 0.2) is 24.3 Å². The summed E-state index contributed by atoms with van der Waals surface area (Å²) in [6, 6.07) is 8.49. The van der Waals surface area contributed by atoms with Crippen LogP contribution >= 0.6 is 0 Å². The average molecular weight is 346 g/mol. The minimum atomic E-state index is -0.0554. The second-order valence-electron chi connectivity index (χ2n) is 7.16. The van der Waals surface area contributed by atoms with E-state index >= 15 is 0 Å². The quantitative estimate of drug-likeness (QED) is 0.890. The zero-order chi connectivity index (χ0) is 17.6. The second kappa shape index (κ2) is 8.68. The van der Waals surface area contributed by atoms with Crippen molar-refractivity contribution in [2.24, 2.45) is 5.92 Å². The molecule has 2 heterocycles. The molecule has 1 aromatic rings. The highest BCUT2D eigenvalue weighted by Gasteiger charge is 2.32. The Morgan fingerprint density at radius 2 is 2.12 bits per heavy atom. The smallest absolute Gasteiger partial charge is 0.317 e. The number of ether oxygens (including phenoxy) is 2. The van der Waals surface area contributed by atoms with Crippen LogP contribution in [0.5, 0.6) is 0 Å². The largest absolute Gasteiger partial charge is 0.381 e. The van der Waals surface area contributed by atoms with Gasteiger partial charge in [0, 0.05) is 32.2 Å². The minimum Gasteiger partial charge on any atom is -0.381 e. The Morgan fingerprint density at radius 3 is 2.88 bits per heavy atom. The Bertz CT molecular complexity index is 561. The van der Waals surface area contributed by atoms with Crippen LogP contribution in [0.25, 0.3) is 0 Å². The topological polar surface area (TPSA) is 50.8 Å². The van der Waals surface area contributed by atoms with Crippen LogP contribution in [0.1, 0.15) is 43.4 Å². The number of hydrogen-bond donors (Lipinski definition) is 1. The van der Waals surface area contributed by atoms with E-state index in [-0.39, 0.29) is 18.2 Å². The molecule has 0 spiro atoms. The van der Waals surface area contributed by atoms with E-state index in [4.69, 9.17) is 9.47 Å². The lowest BCUT2D eigenvalue weighted by molar-refractivity contribution is -0.00853. The van der Waals surface area contributed by atoms with Crippen LogP contribution in [-0.2, 0) is 9.47 Å². The van der Waals surface area contributed by atoms with E-state index in [1.807, 2.05) is 11.8 Å². The van der Waals surface area contributed by atoms with E-state index in [0.29, 0.717) is 5.92 Å². The summed E-state index contributed by atoms with van der Waals surface area (Å²) >= 11 is 0. The number of rotatable bonds is 5. The van der Waals surface area contributed by atoms with E-state index in [1.165, 1.54) is 5.56 Å². The van der Waals surface area contributed by atoms with Gasteiger partial charge in [0.1, 0.15) is 6.10 Å². The summed E-state index contributed by atoms with van der Waals surface area (Å²) in [5, 5.41) is 3.22. The van der Waals surface area contributed by atoms with Crippen LogP contribution in [0.3, 0.4) is 0 Å². The standard InChI is InChI=1S/C20H30N2O3/c1-3-24-14-16-10-11-22(13-16)20(23)21-18-5-4-12-25-19(18)17-8-6-15(2)7-9-17/h6-9,16,18-19H,3-5,10-14H2,1-2H3,(H,21,23)/t16-,18-,19-/m1/s1. The summed E-state index contributed by atoms with van der Waals surface area (Å²) in [6.07, 6.45) is 2.91. The van der Waals surface area contributed by atoms with Gasteiger partial charge in [-0.05, 0) is 38.7 Å². The number of nitrogens with one attached hydrogen (secondary N) is 1. The molecule has 1 aromatic carbocycles. The van der Waals surface area contributed by atoms with Gasteiger partial charge in [-0.25, -0.2) is 4.79 Å². The molecule has 0 bridgehead atoms. The van der Waals surface area contributed by atoms with Crippen molar-refractivity contribution < 1.29 is 14.3 Å². The summed E-state index contributed by atoms with van der Waals surface area (Å²) in [7, 11) is 0. The average Bonchev–Trinajstić information content (AvgIpc) is 3.10. The predicted octanol–water partition coefficient (Wildman–Crippen LogP) is 3.28. The highest BCUT2D eigenvalue weighted by Crippen LogP contribution is 2.29. The predicted molar refractivity (Wildman–Crippen MR) is 97.6 cm³/mol. The zero-order valence-electron chi connectivity index (χ0n) is 15.4. The summed E-state index contributed by atoms with van der Waals surface area (Å²) < 4.78 is 11.5. The van der Waals surface area contributed by atoms with Crippen molar-refractivity contribution in [3.8, 4) is 0 Å². The molecule has 2 amide bonds.